The maximum atomic E-state index is 13.6. The largest absolute Gasteiger partial charge is 0.462 e. The van der Waals surface area contributed by atoms with Crippen molar-refractivity contribution in [3.8, 4) is 5.75 Å². The minimum Gasteiger partial charge on any atom is -0.462 e. The number of rotatable bonds is 10. The van der Waals surface area contributed by atoms with Crippen LogP contribution in [0.2, 0.25) is 0 Å². The topological polar surface area (TPSA) is 158 Å². The van der Waals surface area contributed by atoms with E-state index < -0.39 is 67.0 Å². The Labute approximate surface area is 212 Å². The van der Waals surface area contributed by atoms with Gasteiger partial charge >= 0.3 is 19.4 Å². The molecule has 1 saturated heterocycles. The number of para-hydroxylation sites is 1. The van der Waals surface area contributed by atoms with Gasteiger partial charge < -0.3 is 19.1 Å². The number of carbonyl (C=O) groups is 1. The van der Waals surface area contributed by atoms with E-state index in [2.05, 4.69) is 10.1 Å². The predicted molar refractivity (Wildman–Crippen MR) is 130 cm³/mol. The summed E-state index contributed by atoms with van der Waals surface area (Å²) in [6.07, 6.45) is -2.92. The van der Waals surface area contributed by atoms with E-state index in [1.165, 1.54) is 20.0 Å². The molecule has 6 atom stereocenters. The number of ether oxygens (including phenoxy) is 2. The Hall–Kier alpha value is -2.47. The third-order valence-electron chi connectivity index (χ3n) is 5.26. The van der Waals surface area contributed by atoms with E-state index in [1.54, 1.807) is 44.2 Å². The van der Waals surface area contributed by atoms with Gasteiger partial charge in [-0.3, -0.25) is 23.7 Å². The summed E-state index contributed by atoms with van der Waals surface area (Å²) < 4.78 is 36.7. The van der Waals surface area contributed by atoms with E-state index in [9.17, 15) is 24.1 Å². The van der Waals surface area contributed by atoms with E-state index in [1.807, 2.05) is 0 Å². The number of nitrogens with zero attached hydrogens (tertiary/aromatic N) is 1. The average Bonchev–Trinajstić information content (AvgIpc) is 3.01. The van der Waals surface area contributed by atoms with Gasteiger partial charge in [0, 0.05) is 12.3 Å². The highest BCUT2D eigenvalue weighted by Gasteiger charge is 2.54. The molecule has 3 unspecified atom stereocenters. The highest BCUT2D eigenvalue weighted by Crippen LogP contribution is 2.48. The van der Waals surface area contributed by atoms with Crippen LogP contribution in [0.3, 0.4) is 0 Å². The first kappa shape index (κ1) is 28.1. The highest BCUT2D eigenvalue weighted by molar-refractivity contribution is 7.52. The summed E-state index contributed by atoms with van der Waals surface area (Å²) in [4.78, 5) is 36.5. The first-order valence-electron chi connectivity index (χ1n) is 11.1. The van der Waals surface area contributed by atoms with E-state index in [-0.39, 0.29) is 5.75 Å². The van der Waals surface area contributed by atoms with Gasteiger partial charge in [0.1, 0.15) is 28.9 Å². The number of benzene rings is 1. The molecule has 14 heteroatoms. The van der Waals surface area contributed by atoms with Crippen LogP contribution in [0.5, 0.6) is 5.75 Å². The summed E-state index contributed by atoms with van der Waals surface area (Å²) in [5.74, 6) is -0.473. The SMILES string of the molecule is CC(C)OC(=O)[C@@H](C)NP(=O)(OCC1OC(n2ccc(=O)[nH]c2=O)[C@](C)(Cl)[C@@H]1O)Oc1ccccc1. The number of hydrogen-bond donors (Lipinski definition) is 3. The van der Waals surface area contributed by atoms with E-state index in [4.69, 9.17) is 30.1 Å². The van der Waals surface area contributed by atoms with Crippen molar-refractivity contribution in [3.05, 3.63) is 63.4 Å². The second-order valence-corrected chi connectivity index (χ2v) is 11.2. The second kappa shape index (κ2) is 11.3. The van der Waals surface area contributed by atoms with Gasteiger partial charge in [0.25, 0.3) is 5.56 Å². The number of aliphatic hydroxyl groups is 1. The molecule has 0 bridgehead atoms. The third-order valence-corrected chi connectivity index (χ3v) is 7.31. The fourth-order valence-electron chi connectivity index (χ4n) is 3.47. The zero-order chi connectivity index (χ0) is 26.7. The van der Waals surface area contributed by atoms with Crippen molar-refractivity contribution >= 4 is 25.3 Å². The molecular formula is C22H29ClN3O9P. The number of halogens is 1. The van der Waals surface area contributed by atoms with Crippen molar-refractivity contribution in [2.45, 2.75) is 63.2 Å². The maximum absolute atomic E-state index is 13.6. The van der Waals surface area contributed by atoms with Crippen LogP contribution in [-0.2, 0) is 23.4 Å². The van der Waals surface area contributed by atoms with Crippen molar-refractivity contribution in [2.24, 2.45) is 0 Å². The molecular weight excluding hydrogens is 517 g/mol. The molecule has 3 rings (SSSR count). The Bertz CT molecular complexity index is 1220. The van der Waals surface area contributed by atoms with Gasteiger partial charge in [-0.05, 0) is 39.8 Å². The summed E-state index contributed by atoms with van der Waals surface area (Å²) >= 11 is 6.52. The number of aliphatic hydroxyl groups excluding tert-OH is 1. The fraction of sp³-hybridized carbons (Fsp3) is 0.500. The van der Waals surface area contributed by atoms with Crippen LogP contribution in [0.15, 0.2) is 52.2 Å². The van der Waals surface area contributed by atoms with E-state index >= 15 is 0 Å². The molecule has 36 heavy (non-hydrogen) atoms. The molecule has 0 saturated carbocycles. The molecule has 3 N–H and O–H groups in total. The highest BCUT2D eigenvalue weighted by atomic mass is 35.5. The van der Waals surface area contributed by atoms with Gasteiger partial charge in [-0.2, -0.15) is 5.09 Å². The molecule has 0 radical (unpaired) electrons. The van der Waals surface area contributed by atoms with Crippen molar-refractivity contribution < 1.29 is 33.0 Å². The molecule has 2 aromatic rings. The summed E-state index contributed by atoms with van der Waals surface area (Å²) in [5, 5.41) is 13.3. The zero-order valence-electron chi connectivity index (χ0n) is 20.1. The van der Waals surface area contributed by atoms with Crippen LogP contribution in [0, 0.1) is 0 Å². The Balaban J connectivity index is 1.80. The number of hydrogen-bond acceptors (Lipinski definition) is 9. The number of aromatic nitrogens is 2. The van der Waals surface area contributed by atoms with Gasteiger partial charge in [-0.15, -0.1) is 11.6 Å². The molecule has 198 valence electrons. The lowest BCUT2D eigenvalue weighted by Gasteiger charge is -2.26. The lowest BCUT2D eigenvalue weighted by Crippen LogP contribution is -2.43. The zero-order valence-corrected chi connectivity index (χ0v) is 21.8. The minimum atomic E-state index is -4.22. The van der Waals surface area contributed by atoms with Crippen molar-refractivity contribution in [1.82, 2.24) is 14.6 Å². The lowest BCUT2D eigenvalue weighted by molar-refractivity contribution is -0.149. The molecule has 1 fully saturated rings. The monoisotopic (exact) mass is 545 g/mol. The number of esters is 1. The third kappa shape index (κ3) is 6.64. The Morgan fingerprint density at radius 2 is 1.94 bits per heavy atom. The van der Waals surface area contributed by atoms with Gasteiger partial charge in [0.2, 0.25) is 0 Å². The van der Waals surface area contributed by atoms with Crippen LogP contribution in [-0.4, -0.2) is 56.5 Å². The molecule has 2 heterocycles. The first-order valence-corrected chi connectivity index (χ1v) is 13.1. The molecule has 12 nitrogen and oxygen atoms in total. The number of aromatic amines is 1. The van der Waals surface area contributed by atoms with Gasteiger partial charge in [-0.25, -0.2) is 9.36 Å². The van der Waals surface area contributed by atoms with Crippen LogP contribution in [0.25, 0.3) is 0 Å². The summed E-state index contributed by atoms with van der Waals surface area (Å²) in [6, 6.07) is 8.18. The predicted octanol–water partition coefficient (Wildman–Crippen LogP) is 1.93. The van der Waals surface area contributed by atoms with Crippen LogP contribution in [0.4, 0.5) is 0 Å². The van der Waals surface area contributed by atoms with E-state index in [0.717, 1.165) is 10.6 Å². The van der Waals surface area contributed by atoms with Crippen LogP contribution in [0.1, 0.15) is 33.9 Å². The van der Waals surface area contributed by atoms with Gasteiger partial charge in [0.15, 0.2) is 6.23 Å². The summed E-state index contributed by atoms with van der Waals surface area (Å²) in [7, 11) is -4.22. The molecule has 1 aromatic carbocycles. The molecule has 0 spiro atoms. The smallest absolute Gasteiger partial charge is 0.459 e. The molecule has 1 aliphatic rings. The molecule has 1 aromatic heterocycles. The first-order chi connectivity index (χ1) is 16.8. The minimum absolute atomic E-state index is 0.200. The van der Waals surface area contributed by atoms with Crippen molar-refractivity contribution in [1.29, 1.82) is 0 Å². The molecule has 0 aliphatic carbocycles. The maximum Gasteiger partial charge on any atom is 0.459 e. The summed E-state index contributed by atoms with van der Waals surface area (Å²) in [6.45, 7) is 5.75. The van der Waals surface area contributed by atoms with E-state index in [0.29, 0.717) is 0 Å². The van der Waals surface area contributed by atoms with Gasteiger partial charge in [0.05, 0.1) is 12.7 Å². The van der Waals surface area contributed by atoms with Crippen molar-refractivity contribution in [2.75, 3.05) is 6.61 Å². The van der Waals surface area contributed by atoms with Crippen LogP contribution < -0.4 is 20.9 Å². The Morgan fingerprint density at radius 1 is 1.28 bits per heavy atom. The van der Waals surface area contributed by atoms with Crippen molar-refractivity contribution in [3.63, 3.8) is 0 Å². The fourth-order valence-corrected chi connectivity index (χ4v) is 5.27. The van der Waals surface area contributed by atoms with Crippen LogP contribution >= 0.6 is 19.3 Å². The quantitative estimate of drug-likeness (QED) is 0.229. The number of nitrogens with one attached hydrogen (secondary N) is 2. The Morgan fingerprint density at radius 3 is 2.56 bits per heavy atom. The standard InChI is InChI=1S/C22H29ClN3O9P/c1-13(2)33-19(29)14(3)25-36(31,35-15-8-6-5-7-9-15)32-12-16-18(28)22(4,23)20(34-16)26-11-10-17(27)24-21(26)30/h5-11,13-14,16,18,20,28H,12H2,1-4H3,(H,25,31)(H,24,27,30)/t14-,16?,18-,20?,22-,36?/m1/s1. The number of carbonyl (C=O) groups excluding carboxylic acids is 1. The summed E-state index contributed by atoms with van der Waals surface area (Å²) in [5.41, 5.74) is -1.40. The Kier molecular flexibility index (Phi) is 8.81. The normalized spacial score (nSPS) is 26.4. The number of H-pyrrole nitrogens is 1. The lowest BCUT2D eigenvalue weighted by atomic mass is 10.0. The molecule has 1 aliphatic heterocycles. The second-order valence-electron chi connectivity index (χ2n) is 8.67. The average molecular weight is 546 g/mol. The number of alkyl halides is 1. The molecule has 0 amide bonds. The van der Waals surface area contributed by atoms with Gasteiger partial charge in [-0.1, -0.05) is 18.2 Å².